The van der Waals surface area contributed by atoms with Gasteiger partial charge < -0.3 is 10.1 Å². The zero-order valence-electron chi connectivity index (χ0n) is 9.58. The van der Waals surface area contributed by atoms with Crippen LogP contribution in [0.5, 0.6) is 5.75 Å². The predicted molar refractivity (Wildman–Crippen MR) is 61.5 cm³/mol. The second-order valence-electron chi connectivity index (χ2n) is 4.38. The molecule has 0 amide bonds. The third-order valence-electron chi connectivity index (χ3n) is 2.67. The maximum atomic E-state index is 5.37. The van der Waals surface area contributed by atoms with E-state index in [0.717, 1.165) is 11.6 Å². The Morgan fingerprint density at radius 1 is 1.47 bits per heavy atom. The average molecular weight is 206 g/mol. The van der Waals surface area contributed by atoms with Crippen molar-refractivity contribution in [3.63, 3.8) is 0 Å². The summed E-state index contributed by atoms with van der Waals surface area (Å²) in [4.78, 5) is 4.40. The van der Waals surface area contributed by atoms with Gasteiger partial charge in [-0.1, -0.05) is 13.8 Å². The van der Waals surface area contributed by atoms with Crippen molar-refractivity contribution in [3.05, 3.63) is 17.8 Å². The Morgan fingerprint density at radius 3 is 2.73 bits per heavy atom. The zero-order chi connectivity index (χ0) is 10.8. The van der Waals surface area contributed by atoms with Crippen LogP contribution < -0.4 is 10.1 Å². The van der Waals surface area contributed by atoms with Crippen molar-refractivity contribution in [1.82, 2.24) is 4.98 Å². The number of methoxy groups -OCH3 is 1. The molecule has 0 radical (unpaired) electrons. The lowest BCUT2D eigenvalue weighted by Crippen LogP contribution is -2.04. The fourth-order valence-electron chi connectivity index (χ4n) is 1.57. The number of nitrogens with zero attached hydrogens (tertiary/aromatic N) is 1. The summed E-state index contributed by atoms with van der Waals surface area (Å²) < 4.78 is 5.37. The number of anilines is 1. The second kappa shape index (κ2) is 4.09. The summed E-state index contributed by atoms with van der Waals surface area (Å²) >= 11 is 0. The summed E-state index contributed by atoms with van der Waals surface area (Å²) in [6.45, 7) is 4.29. The normalized spacial score (nSPS) is 15.5. The molecule has 1 saturated carbocycles. The highest BCUT2D eigenvalue weighted by atomic mass is 16.5. The van der Waals surface area contributed by atoms with E-state index in [1.54, 1.807) is 7.11 Å². The molecule has 1 aromatic rings. The molecule has 15 heavy (non-hydrogen) atoms. The molecule has 0 bridgehead atoms. The summed E-state index contributed by atoms with van der Waals surface area (Å²) in [6, 6.07) is 2.63. The summed E-state index contributed by atoms with van der Waals surface area (Å²) in [5, 5.41) is 3.37. The molecule has 0 spiro atoms. The van der Waals surface area contributed by atoms with E-state index in [1.165, 1.54) is 18.4 Å². The van der Waals surface area contributed by atoms with E-state index in [2.05, 4.69) is 24.1 Å². The van der Waals surface area contributed by atoms with Crippen molar-refractivity contribution in [3.8, 4) is 5.75 Å². The summed E-state index contributed by atoms with van der Waals surface area (Å²) in [5.41, 5.74) is 1.17. The van der Waals surface area contributed by atoms with Gasteiger partial charge in [0.2, 0.25) is 0 Å². The van der Waals surface area contributed by atoms with Gasteiger partial charge in [0.15, 0.2) is 0 Å². The first-order chi connectivity index (χ1) is 7.20. The summed E-state index contributed by atoms with van der Waals surface area (Å²) in [5.74, 6) is 2.31. The Labute approximate surface area is 90.9 Å². The first-order valence-corrected chi connectivity index (χ1v) is 5.51. The van der Waals surface area contributed by atoms with Crippen LogP contribution >= 0.6 is 0 Å². The zero-order valence-corrected chi connectivity index (χ0v) is 9.58. The molecule has 3 nitrogen and oxygen atoms in total. The van der Waals surface area contributed by atoms with Crippen LogP contribution in [0.1, 0.15) is 38.2 Å². The molecule has 1 heterocycles. The van der Waals surface area contributed by atoms with Crippen LogP contribution in [0.3, 0.4) is 0 Å². The van der Waals surface area contributed by atoms with E-state index < -0.39 is 0 Å². The highest BCUT2D eigenvalue weighted by molar-refractivity contribution is 5.47. The Morgan fingerprint density at radius 2 is 2.20 bits per heavy atom. The van der Waals surface area contributed by atoms with Crippen molar-refractivity contribution in [2.75, 3.05) is 12.4 Å². The van der Waals surface area contributed by atoms with Crippen molar-refractivity contribution >= 4 is 5.82 Å². The molecule has 82 valence electrons. The second-order valence-corrected chi connectivity index (χ2v) is 4.38. The molecule has 2 rings (SSSR count). The molecule has 1 fully saturated rings. The van der Waals surface area contributed by atoms with Crippen molar-refractivity contribution in [2.24, 2.45) is 0 Å². The van der Waals surface area contributed by atoms with Crippen LogP contribution in [0, 0.1) is 0 Å². The van der Waals surface area contributed by atoms with Crippen molar-refractivity contribution in [2.45, 2.75) is 38.6 Å². The van der Waals surface area contributed by atoms with Gasteiger partial charge in [0.1, 0.15) is 11.6 Å². The van der Waals surface area contributed by atoms with Crippen LogP contribution in [-0.4, -0.2) is 18.1 Å². The molecule has 3 heteroatoms. The number of hydrogen-bond acceptors (Lipinski definition) is 3. The fraction of sp³-hybridized carbons (Fsp3) is 0.583. The minimum Gasteiger partial charge on any atom is -0.496 e. The fourth-order valence-corrected chi connectivity index (χ4v) is 1.57. The number of aromatic nitrogens is 1. The van der Waals surface area contributed by atoms with E-state index in [0.29, 0.717) is 12.0 Å². The minimum atomic E-state index is 0.447. The van der Waals surface area contributed by atoms with Gasteiger partial charge in [-0.25, -0.2) is 4.98 Å². The lowest BCUT2D eigenvalue weighted by atomic mass is 10.0. The van der Waals surface area contributed by atoms with Gasteiger partial charge in [0.25, 0.3) is 0 Å². The number of hydrogen-bond donors (Lipinski definition) is 1. The monoisotopic (exact) mass is 206 g/mol. The molecule has 0 aliphatic heterocycles. The van der Waals surface area contributed by atoms with E-state index >= 15 is 0 Å². The Hall–Kier alpha value is -1.25. The van der Waals surface area contributed by atoms with E-state index in [4.69, 9.17) is 4.74 Å². The van der Waals surface area contributed by atoms with Gasteiger partial charge in [-0.15, -0.1) is 0 Å². The lowest BCUT2D eigenvalue weighted by Gasteiger charge is -2.13. The third kappa shape index (κ3) is 2.41. The van der Waals surface area contributed by atoms with Crippen molar-refractivity contribution in [1.29, 1.82) is 0 Å². The Bertz CT molecular complexity index is 345. The smallest absolute Gasteiger partial charge is 0.129 e. The third-order valence-corrected chi connectivity index (χ3v) is 2.67. The number of nitrogens with one attached hydrogen (secondary N) is 1. The Kier molecular flexibility index (Phi) is 2.80. The molecule has 0 aromatic carbocycles. The molecule has 0 atom stereocenters. The van der Waals surface area contributed by atoms with Gasteiger partial charge in [-0.05, 0) is 18.8 Å². The van der Waals surface area contributed by atoms with Crippen LogP contribution in [0.4, 0.5) is 5.82 Å². The quantitative estimate of drug-likeness (QED) is 0.822. The summed E-state index contributed by atoms with van der Waals surface area (Å²) in [6.07, 6.45) is 4.43. The Balaban J connectivity index is 2.20. The van der Waals surface area contributed by atoms with E-state index in [1.807, 2.05) is 12.3 Å². The maximum Gasteiger partial charge on any atom is 0.129 e. The van der Waals surface area contributed by atoms with Crippen LogP contribution in [0.15, 0.2) is 12.3 Å². The molecule has 0 unspecified atom stereocenters. The highest BCUT2D eigenvalue weighted by Gasteiger charge is 2.21. The number of rotatable bonds is 4. The molecular formula is C12H18N2O. The minimum absolute atomic E-state index is 0.447. The average Bonchev–Trinajstić information content (AvgIpc) is 3.01. The molecule has 1 aromatic heterocycles. The molecular weight excluding hydrogens is 188 g/mol. The van der Waals surface area contributed by atoms with E-state index in [-0.39, 0.29) is 0 Å². The molecule has 1 N–H and O–H groups in total. The summed E-state index contributed by atoms with van der Waals surface area (Å²) in [7, 11) is 1.71. The largest absolute Gasteiger partial charge is 0.496 e. The van der Waals surface area contributed by atoms with E-state index in [9.17, 15) is 0 Å². The van der Waals surface area contributed by atoms with Gasteiger partial charge in [-0.2, -0.15) is 0 Å². The van der Waals surface area contributed by atoms with Crippen molar-refractivity contribution < 1.29 is 4.74 Å². The highest BCUT2D eigenvalue weighted by Crippen LogP contribution is 2.30. The maximum absolute atomic E-state index is 5.37. The van der Waals surface area contributed by atoms with Gasteiger partial charge in [-0.3, -0.25) is 0 Å². The van der Waals surface area contributed by atoms with Crippen LogP contribution in [-0.2, 0) is 0 Å². The van der Waals surface area contributed by atoms with Gasteiger partial charge in [0, 0.05) is 23.9 Å². The topological polar surface area (TPSA) is 34.1 Å². The SMILES string of the molecule is COc1cc(NC2CC2)ncc1C(C)C. The van der Waals surface area contributed by atoms with Gasteiger partial charge >= 0.3 is 0 Å². The predicted octanol–water partition coefficient (Wildman–Crippen LogP) is 2.79. The van der Waals surface area contributed by atoms with Gasteiger partial charge in [0.05, 0.1) is 7.11 Å². The molecule has 0 saturated heterocycles. The first-order valence-electron chi connectivity index (χ1n) is 5.51. The van der Waals surface area contributed by atoms with Crippen LogP contribution in [0.2, 0.25) is 0 Å². The standard InChI is InChI=1S/C12H18N2O/c1-8(2)10-7-13-12(6-11(10)15-3)14-9-4-5-9/h6-9H,4-5H2,1-3H3,(H,13,14). The van der Waals surface area contributed by atoms with Crippen LogP contribution in [0.25, 0.3) is 0 Å². The molecule has 1 aliphatic carbocycles. The number of ether oxygens (including phenoxy) is 1. The first kappa shape index (κ1) is 10.3. The lowest BCUT2D eigenvalue weighted by molar-refractivity contribution is 0.407. The molecule has 1 aliphatic rings. The number of pyridine rings is 1.